The molecule has 0 radical (unpaired) electrons. The van der Waals surface area contributed by atoms with Crippen molar-refractivity contribution in [3.63, 3.8) is 0 Å². The van der Waals surface area contributed by atoms with E-state index in [1.54, 1.807) is 0 Å². The van der Waals surface area contributed by atoms with Gasteiger partial charge in [0.25, 0.3) is 0 Å². The molecule has 1 aliphatic rings. The minimum Gasteiger partial charge on any atom is -0.506 e. The molecule has 0 saturated heterocycles. The Morgan fingerprint density at radius 3 is 2.25 bits per heavy atom. The zero-order chi connectivity index (χ0) is 8.93. The van der Waals surface area contributed by atoms with Crippen LogP contribution in [0.4, 0.5) is 0 Å². The van der Waals surface area contributed by atoms with Gasteiger partial charge in [-0.15, -0.1) is 0 Å². The van der Waals surface area contributed by atoms with Gasteiger partial charge >= 0.3 is 10.1 Å². The van der Waals surface area contributed by atoms with E-state index in [1.807, 2.05) is 0 Å². The van der Waals surface area contributed by atoms with E-state index in [0.29, 0.717) is 0 Å². The monoisotopic (exact) mass is 188 g/mol. The molecule has 1 aliphatic heterocycles. The number of hydrogen-bond acceptors (Lipinski definition) is 5. The Labute approximate surface area is 68.0 Å². The van der Waals surface area contributed by atoms with E-state index in [9.17, 15) is 8.42 Å². The van der Waals surface area contributed by atoms with E-state index < -0.39 is 15.9 Å². The lowest BCUT2D eigenvalue weighted by atomic mass is 10.3. The third-order valence-electron chi connectivity index (χ3n) is 1.51. The van der Waals surface area contributed by atoms with Crippen LogP contribution in [0.3, 0.4) is 0 Å². The quantitative estimate of drug-likeness (QED) is 0.448. The van der Waals surface area contributed by atoms with Gasteiger partial charge in [0.1, 0.15) is 5.75 Å². The van der Waals surface area contributed by atoms with E-state index in [1.165, 1.54) is 0 Å². The Morgan fingerprint density at radius 2 is 1.75 bits per heavy atom. The highest BCUT2D eigenvalue weighted by Gasteiger charge is 2.39. The molecule has 0 atom stereocenters. The highest BCUT2D eigenvalue weighted by molar-refractivity contribution is 7.88. The molecule has 0 amide bonds. The second-order valence-electron chi connectivity index (χ2n) is 2.30. The summed E-state index contributed by atoms with van der Waals surface area (Å²) >= 11 is 0. The zero-order valence-corrected chi connectivity index (χ0v) is 6.50. The first kappa shape index (κ1) is 7.23. The molecule has 1 aromatic carbocycles. The molecule has 6 heteroatoms. The number of benzene rings is 1. The fourth-order valence-corrected chi connectivity index (χ4v) is 2.03. The third-order valence-corrected chi connectivity index (χ3v) is 2.79. The average molecular weight is 188 g/mol. The molecule has 2 N–H and O–H groups in total. The van der Waals surface area contributed by atoms with Crippen LogP contribution in [0.25, 0.3) is 0 Å². The fraction of sp³-hybridized carbons (Fsp3) is 0. The lowest BCUT2D eigenvalue weighted by Gasteiger charge is -2.20. The molecule has 0 saturated carbocycles. The topological polar surface area (TPSA) is 83.8 Å². The Morgan fingerprint density at radius 1 is 1.17 bits per heavy atom. The first-order chi connectivity index (χ1) is 5.52. The second kappa shape index (κ2) is 1.84. The Hall–Kier alpha value is -1.43. The van der Waals surface area contributed by atoms with E-state index in [-0.39, 0.29) is 16.4 Å². The summed E-state index contributed by atoms with van der Waals surface area (Å²) in [5.74, 6) is -0.887. The molecule has 0 fully saturated rings. The van der Waals surface area contributed by atoms with Crippen molar-refractivity contribution in [3.8, 4) is 17.2 Å². The maximum Gasteiger partial charge on any atom is 0.347 e. The van der Waals surface area contributed by atoms with Crippen molar-refractivity contribution in [2.45, 2.75) is 4.90 Å². The Balaban J connectivity index is 2.82. The van der Waals surface area contributed by atoms with Gasteiger partial charge in [-0.3, -0.25) is 0 Å². The molecule has 0 spiro atoms. The summed E-state index contributed by atoms with van der Waals surface area (Å²) in [4.78, 5) is -0.345. The predicted molar refractivity (Wildman–Crippen MR) is 37.6 cm³/mol. The zero-order valence-electron chi connectivity index (χ0n) is 5.68. The lowest BCUT2D eigenvalue weighted by Crippen LogP contribution is -2.21. The Kier molecular flexibility index (Phi) is 1.11. The number of hydrogen-bond donors (Lipinski definition) is 2. The number of aromatic hydroxyl groups is 2. The molecule has 2 rings (SSSR count). The van der Waals surface area contributed by atoms with E-state index in [2.05, 4.69) is 4.18 Å². The summed E-state index contributed by atoms with van der Waals surface area (Å²) in [5.41, 5.74) is 0. The summed E-state index contributed by atoms with van der Waals surface area (Å²) in [5, 5.41) is 18.0. The molecule has 0 aliphatic carbocycles. The van der Waals surface area contributed by atoms with Crippen molar-refractivity contribution in [1.82, 2.24) is 0 Å². The van der Waals surface area contributed by atoms with Gasteiger partial charge in [-0.1, -0.05) is 0 Å². The standard InChI is InChI=1S/C6H4O5S/c7-3-1-2-4(8)6-5(3)11-12(6,9)10/h1-2,7-8H. The van der Waals surface area contributed by atoms with Crippen LogP contribution in [-0.2, 0) is 10.1 Å². The number of phenols is 2. The maximum atomic E-state index is 10.8. The number of fused-ring (bicyclic) bond motifs is 1. The van der Waals surface area contributed by atoms with Gasteiger partial charge < -0.3 is 14.4 Å². The summed E-state index contributed by atoms with van der Waals surface area (Å²) in [7, 11) is -3.80. The summed E-state index contributed by atoms with van der Waals surface area (Å²) in [6.07, 6.45) is 0. The van der Waals surface area contributed by atoms with E-state index in [0.717, 1.165) is 12.1 Å². The van der Waals surface area contributed by atoms with Gasteiger partial charge in [0.05, 0.1) is 0 Å². The van der Waals surface area contributed by atoms with Crippen LogP contribution in [0.5, 0.6) is 17.2 Å². The summed E-state index contributed by atoms with van der Waals surface area (Å²) in [6, 6.07) is 2.25. The second-order valence-corrected chi connectivity index (χ2v) is 3.78. The highest BCUT2D eigenvalue weighted by Crippen LogP contribution is 2.48. The van der Waals surface area contributed by atoms with Crippen LogP contribution in [0.1, 0.15) is 0 Å². The largest absolute Gasteiger partial charge is 0.506 e. The molecule has 64 valence electrons. The van der Waals surface area contributed by atoms with Gasteiger partial charge in [0.15, 0.2) is 10.6 Å². The minimum absolute atomic E-state index is 0.185. The molecule has 1 aromatic rings. The molecule has 12 heavy (non-hydrogen) atoms. The average Bonchev–Trinajstić information content (AvgIpc) is 1.94. The van der Waals surface area contributed by atoms with Crippen molar-refractivity contribution in [2.75, 3.05) is 0 Å². The lowest BCUT2D eigenvalue weighted by molar-refractivity contribution is 0.373. The molecule has 0 aromatic heterocycles. The van der Waals surface area contributed by atoms with Crippen molar-refractivity contribution in [3.05, 3.63) is 12.1 Å². The van der Waals surface area contributed by atoms with Gasteiger partial charge in [0, 0.05) is 0 Å². The van der Waals surface area contributed by atoms with Crippen LogP contribution in [-0.4, -0.2) is 18.6 Å². The smallest absolute Gasteiger partial charge is 0.347 e. The van der Waals surface area contributed by atoms with Gasteiger partial charge in [-0.05, 0) is 12.1 Å². The number of rotatable bonds is 0. The van der Waals surface area contributed by atoms with Crippen molar-refractivity contribution >= 4 is 10.1 Å². The molecular weight excluding hydrogens is 184 g/mol. The molecular formula is C6H4O5S. The van der Waals surface area contributed by atoms with Crippen LogP contribution < -0.4 is 4.18 Å². The molecule has 1 heterocycles. The highest BCUT2D eigenvalue weighted by atomic mass is 32.2. The van der Waals surface area contributed by atoms with Crippen LogP contribution >= 0.6 is 0 Å². The number of phenolic OH excluding ortho intramolecular Hbond substituents is 2. The van der Waals surface area contributed by atoms with Gasteiger partial charge in [-0.25, -0.2) is 0 Å². The molecule has 5 nitrogen and oxygen atoms in total. The first-order valence-electron chi connectivity index (χ1n) is 3.02. The van der Waals surface area contributed by atoms with E-state index >= 15 is 0 Å². The molecule has 0 bridgehead atoms. The van der Waals surface area contributed by atoms with E-state index in [4.69, 9.17) is 10.2 Å². The van der Waals surface area contributed by atoms with Crippen LogP contribution in [0.2, 0.25) is 0 Å². The SMILES string of the molecule is O=S1(=O)Oc2c(O)ccc(O)c21. The van der Waals surface area contributed by atoms with Crippen molar-refractivity contribution in [1.29, 1.82) is 0 Å². The third kappa shape index (κ3) is 0.696. The van der Waals surface area contributed by atoms with Gasteiger partial charge in [0.2, 0.25) is 5.75 Å². The Bertz CT molecular complexity index is 447. The first-order valence-corrected chi connectivity index (χ1v) is 4.42. The minimum atomic E-state index is -3.80. The summed E-state index contributed by atoms with van der Waals surface area (Å²) in [6.45, 7) is 0. The fourth-order valence-electron chi connectivity index (χ4n) is 0.981. The van der Waals surface area contributed by atoms with Crippen LogP contribution in [0.15, 0.2) is 17.0 Å². The van der Waals surface area contributed by atoms with Crippen molar-refractivity contribution in [2.24, 2.45) is 0 Å². The normalized spacial score (nSPS) is 17.3. The maximum absolute atomic E-state index is 10.8. The summed E-state index contributed by atoms with van der Waals surface area (Å²) < 4.78 is 25.8. The predicted octanol–water partition coefficient (Wildman–Crippen LogP) is 0.179. The van der Waals surface area contributed by atoms with Gasteiger partial charge in [-0.2, -0.15) is 8.42 Å². The van der Waals surface area contributed by atoms with Crippen LogP contribution in [0, 0.1) is 0 Å². The van der Waals surface area contributed by atoms with Crippen molar-refractivity contribution < 1.29 is 22.8 Å². The molecule has 0 unspecified atom stereocenters.